The third kappa shape index (κ3) is 3.04. The van der Waals surface area contributed by atoms with Gasteiger partial charge in [0.1, 0.15) is 11.2 Å². The van der Waals surface area contributed by atoms with Crippen molar-refractivity contribution in [1.29, 1.82) is 0 Å². The highest BCUT2D eigenvalue weighted by Crippen LogP contribution is 2.43. The van der Waals surface area contributed by atoms with Gasteiger partial charge in [0.2, 0.25) is 5.78 Å². The van der Waals surface area contributed by atoms with Crippen LogP contribution in [0.25, 0.3) is 10.9 Å². The van der Waals surface area contributed by atoms with E-state index >= 15 is 0 Å². The summed E-state index contributed by atoms with van der Waals surface area (Å²) >= 11 is 12.7. The van der Waals surface area contributed by atoms with Gasteiger partial charge in [-0.3, -0.25) is 14.9 Å². The maximum atomic E-state index is 12.1. The van der Waals surface area contributed by atoms with Crippen LogP contribution < -0.4 is 5.32 Å². The topological polar surface area (TPSA) is 59.1 Å². The number of fused-ring (bicyclic) bond motifs is 2. The van der Waals surface area contributed by atoms with Crippen LogP contribution >= 0.6 is 23.2 Å². The van der Waals surface area contributed by atoms with Crippen LogP contribution in [0.15, 0.2) is 48.5 Å². The number of aromatic nitrogens is 1. The molecule has 136 valence electrons. The highest BCUT2D eigenvalue weighted by atomic mass is 35.5. The molecule has 0 fully saturated rings. The summed E-state index contributed by atoms with van der Waals surface area (Å²) in [5, 5.41) is 5.13. The molecular weight excluding hydrogens is 383 g/mol. The second kappa shape index (κ2) is 7.04. The predicted octanol–water partition coefficient (Wildman–Crippen LogP) is 4.80. The summed E-state index contributed by atoms with van der Waals surface area (Å²) < 4.78 is 0. The Morgan fingerprint density at radius 2 is 1.89 bits per heavy atom. The zero-order valence-corrected chi connectivity index (χ0v) is 16.0. The maximum Gasteiger partial charge on any atom is 0.216 e. The molecule has 0 bridgehead atoms. The summed E-state index contributed by atoms with van der Waals surface area (Å²) in [5.74, 6) is -0.550. The van der Waals surface area contributed by atoms with Gasteiger partial charge >= 0.3 is 0 Å². The van der Waals surface area contributed by atoms with Crippen LogP contribution in [0.2, 0.25) is 10.2 Å². The van der Waals surface area contributed by atoms with Crippen molar-refractivity contribution in [2.24, 2.45) is 0 Å². The Balaban J connectivity index is 1.78. The van der Waals surface area contributed by atoms with Crippen LogP contribution in [-0.4, -0.2) is 17.1 Å². The number of ketones is 1. The highest BCUT2D eigenvalue weighted by molar-refractivity contribution is 6.36. The second-order valence-corrected chi connectivity index (χ2v) is 7.46. The molecule has 1 N–H and O–H groups in total. The first-order valence-corrected chi connectivity index (χ1v) is 9.35. The summed E-state index contributed by atoms with van der Waals surface area (Å²) in [7, 11) is 0. The number of benzene rings is 2. The van der Waals surface area contributed by atoms with E-state index in [-0.39, 0.29) is 12.0 Å². The molecule has 1 aliphatic rings. The monoisotopic (exact) mass is 398 g/mol. The molecule has 3 aromatic rings. The normalized spacial score (nSPS) is 19.7. The molecule has 0 saturated heterocycles. The molecular formula is C21H16Cl2N2O2. The smallest absolute Gasteiger partial charge is 0.216 e. The number of rotatable bonds is 4. The molecule has 2 aromatic carbocycles. The van der Waals surface area contributed by atoms with Crippen molar-refractivity contribution in [2.75, 3.05) is 0 Å². The van der Waals surface area contributed by atoms with Crippen molar-refractivity contribution in [2.45, 2.75) is 24.9 Å². The lowest BCUT2D eigenvalue weighted by atomic mass is 9.89. The third-order valence-electron chi connectivity index (χ3n) is 5.16. The Morgan fingerprint density at radius 3 is 2.63 bits per heavy atom. The fraction of sp³-hybridized carbons (Fsp3) is 0.190. The van der Waals surface area contributed by atoms with Crippen molar-refractivity contribution in [3.05, 3.63) is 75.4 Å². The molecule has 0 saturated carbocycles. The van der Waals surface area contributed by atoms with E-state index in [1.54, 1.807) is 6.07 Å². The SMILES string of the molecule is CC(c1cc2cccc(Cl)c2nc1Cl)C1NC(C(=O)C=O)c2ccccc21. The van der Waals surface area contributed by atoms with Crippen LogP contribution in [0.3, 0.4) is 0 Å². The maximum absolute atomic E-state index is 12.1. The minimum atomic E-state index is -0.632. The lowest BCUT2D eigenvalue weighted by Crippen LogP contribution is -2.28. The number of hydrogen-bond donors (Lipinski definition) is 1. The minimum absolute atomic E-state index is 0.0704. The zero-order valence-electron chi connectivity index (χ0n) is 14.4. The van der Waals surface area contributed by atoms with Gasteiger partial charge in [-0.15, -0.1) is 0 Å². The van der Waals surface area contributed by atoms with Gasteiger partial charge in [-0.1, -0.05) is 66.5 Å². The number of nitrogens with zero attached hydrogens (tertiary/aromatic N) is 1. The van der Waals surface area contributed by atoms with Crippen molar-refractivity contribution in [3.63, 3.8) is 0 Å². The summed E-state index contributed by atoms with van der Waals surface area (Å²) in [6.07, 6.45) is 0.369. The van der Waals surface area contributed by atoms with Gasteiger partial charge in [0.25, 0.3) is 0 Å². The first-order chi connectivity index (χ1) is 13.0. The van der Waals surface area contributed by atoms with Crippen molar-refractivity contribution in [1.82, 2.24) is 10.3 Å². The zero-order chi connectivity index (χ0) is 19.1. The van der Waals surface area contributed by atoms with Crippen molar-refractivity contribution >= 4 is 46.2 Å². The van der Waals surface area contributed by atoms with Crippen LogP contribution in [0.1, 0.15) is 41.6 Å². The van der Waals surface area contributed by atoms with E-state index in [9.17, 15) is 9.59 Å². The second-order valence-electron chi connectivity index (χ2n) is 6.70. The molecule has 3 unspecified atom stereocenters. The first-order valence-electron chi connectivity index (χ1n) is 8.60. The Labute approximate surface area is 166 Å². The fourth-order valence-electron chi connectivity index (χ4n) is 3.79. The molecule has 27 heavy (non-hydrogen) atoms. The van der Waals surface area contributed by atoms with E-state index in [1.165, 1.54) is 0 Å². The molecule has 3 atom stereocenters. The van der Waals surface area contributed by atoms with Gasteiger partial charge in [0.05, 0.1) is 10.5 Å². The summed E-state index contributed by atoms with van der Waals surface area (Å²) in [6, 6.07) is 14.4. The first kappa shape index (κ1) is 18.1. The molecule has 0 amide bonds. The molecule has 6 heteroatoms. The van der Waals surface area contributed by atoms with Gasteiger partial charge in [0.15, 0.2) is 6.29 Å². The summed E-state index contributed by atoms with van der Waals surface area (Å²) in [5.41, 5.74) is 3.35. The fourth-order valence-corrected chi connectivity index (χ4v) is 4.32. The number of aldehydes is 1. The van der Waals surface area contributed by atoms with E-state index in [0.717, 1.165) is 22.1 Å². The molecule has 1 aromatic heterocycles. The Morgan fingerprint density at radius 1 is 1.15 bits per heavy atom. The van der Waals surface area contributed by atoms with Crippen LogP contribution in [0.5, 0.6) is 0 Å². The van der Waals surface area contributed by atoms with Crippen LogP contribution in [0, 0.1) is 0 Å². The number of hydrogen-bond acceptors (Lipinski definition) is 4. The molecule has 2 heterocycles. The predicted molar refractivity (Wildman–Crippen MR) is 106 cm³/mol. The number of carbonyl (C=O) groups excluding carboxylic acids is 2. The van der Waals surface area contributed by atoms with Gasteiger partial charge < -0.3 is 0 Å². The Kier molecular flexibility index (Phi) is 4.72. The van der Waals surface area contributed by atoms with Gasteiger partial charge in [0, 0.05) is 17.3 Å². The van der Waals surface area contributed by atoms with E-state index < -0.39 is 11.8 Å². The number of Topliss-reactive ketones (excluding diaryl/α,β-unsaturated/α-hetero) is 1. The standard InChI is InChI=1S/C21H16Cl2N2O2/c1-11(15-9-12-5-4-8-16(22)19(12)25-21(15)23)18-13-6-2-3-7-14(13)20(24-18)17(27)10-26/h2-11,18,20,24H,1H3. The Bertz CT molecular complexity index is 1070. The molecule has 4 nitrogen and oxygen atoms in total. The average molecular weight is 399 g/mol. The van der Waals surface area contributed by atoms with E-state index in [0.29, 0.717) is 22.0 Å². The summed E-state index contributed by atoms with van der Waals surface area (Å²) in [6.45, 7) is 2.03. The third-order valence-corrected chi connectivity index (χ3v) is 5.76. The van der Waals surface area contributed by atoms with Crippen LogP contribution in [0.4, 0.5) is 0 Å². The molecule has 4 rings (SSSR count). The average Bonchev–Trinajstić information content (AvgIpc) is 3.07. The highest BCUT2D eigenvalue weighted by Gasteiger charge is 2.37. The van der Waals surface area contributed by atoms with E-state index in [1.807, 2.05) is 49.4 Å². The lowest BCUT2D eigenvalue weighted by molar-refractivity contribution is -0.131. The Hall–Kier alpha value is -2.27. The minimum Gasteiger partial charge on any atom is -0.296 e. The van der Waals surface area contributed by atoms with E-state index in [2.05, 4.69) is 10.3 Å². The molecule has 0 radical (unpaired) electrons. The van der Waals surface area contributed by atoms with Gasteiger partial charge in [-0.2, -0.15) is 0 Å². The largest absolute Gasteiger partial charge is 0.296 e. The number of para-hydroxylation sites is 1. The molecule has 1 aliphatic heterocycles. The van der Waals surface area contributed by atoms with Crippen molar-refractivity contribution in [3.8, 4) is 0 Å². The number of carbonyl (C=O) groups is 2. The molecule has 0 spiro atoms. The molecule has 0 aliphatic carbocycles. The van der Waals surface area contributed by atoms with Crippen LogP contribution in [-0.2, 0) is 9.59 Å². The number of pyridine rings is 1. The number of halogens is 2. The van der Waals surface area contributed by atoms with Gasteiger partial charge in [-0.25, -0.2) is 4.98 Å². The van der Waals surface area contributed by atoms with Crippen molar-refractivity contribution < 1.29 is 9.59 Å². The quantitative estimate of drug-likeness (QED) is 0.389. The van der Waals surface area contributed by atoms with E-state index in [4.69, 9.17) is 23.2 Å². The number of nitrogens with one attached hydrogen (secondary N) is 1. The lowest BCUT2D eigenvalue weighted by Gasteiger charge is -2.23. The van der Waals surface area contributed by atoms with Gasteiger partial charge in [-0.05, 0) is 28.8 Å². The summed E-state index contributed by atoms with van der Waals surface area (Å²) in [4.78, 5) is 27.6.